The van der Waals surface area contributed by atoms with Crippen molar-refractivity contribution in [1.29, 1.82) is 0 Å². The molecule has 0 saturated carbocycles. The Labute approximate surface area is 152 Å². The molecule has 3 rings (SSSR count). The molecule has 0 spiro atoms. The number of alkyl halides is 3. The van der Waals surface area contributed by atoms with Gasteiger partial charge in [-0.1, -0.05) is 18.2 Å². The van der Waals surface area contributed by atoms with Crippen molar-refractivity contribution in [2.75, 3.05) is 5.32 Å². The number of nitrogens with one attached hydrogen (secondary N) is 1. The van der Waals surface area contributed by atoms with E-state index in [1.165, 1.54) is 18.2 Å². The van der Waals surface area contributed by atoms with Gasteiger partial charge in [-0.05, 0) is 36.9 Å². The summed E-state index contributed by atoms with van der Waals surface area (Å²) in [7, 11) is 0. The Morgan fingerprint density at radius 1 is 1.23 bits per heavy atom. The number of aromatic nitrogens is 2. The van der Waals surface area contributed by atoms with E-state index in [1.54, 1.807) is 24.3 Å². The predicted molar refractivity (Wildman–Crippen MR) is 94.6 cm³/mol. The summed E-state index contributed by atoms with van der Waals surface area (Å²) in [6.07, 6.45) is -3.70. The molecule has 0 radical (unpaired) electrons. The van der Waals surface area contributed by atoms with E-state index in [0.29, 0.717) is 12.1 Å². The van der Waals surface area contributed by atoms with Gasteiger partial charge in [-0.15, -0.1) is 11.3 Å². The molecule has 0 aliphatic rings. The molecule has 0 aliphatic heterocycles. The molecular formula is C18H16F3N3OS. The lowest BCUT2D eigenvalue weighted by molar-refractivity contribution is -0.137. The molecule has 0 bridgehead atoms. The van der Waals surface area contributed by atoms with Gasteiger partial charge in [0, 0.05) is 17.4 Å². The Morgan fingerprint density at radius 2 is 2.00 bits per heavy atom. The summed E-state index contributed by atoms with van der Waals surface area (Å²) in [5.41, 5.74) is -0.422. The summed E-state index contributed by atoms with van der Waals surface area (Å²) in [6, 6.07) is 10.5. The number of aryl methyl sites for hydroxylation is 2. The van der Waals surface area contributed by atoms with E-state index in [1.807, 2.05) is 17.5 Å². The molecule has 2 aromatic heterocycles. The van der Waals surface area contributed by atoms with Crippen LogP contribution < -0.4 is 5.32 Å². The molecule has 0 unspecified atom stereocenters. The van der Waals surface area contributed by atoms with E-state index in [-0.39, 0.29) is 23.8 Å². The number of hydrogen-bond donors (Lipinski definition) is 1. The third-order valence-electron chi connectivity index (χ3n) is 3.72. The Hall–Kier alpha value is -2.61. The molecule has 1 amide bonds. The highest BCUT2D eigenvalue weighted by Crippen LogP contribution is 2.34. The van der Waals surface area contributed by atoms with Crippen molar-refractivity contribution >= 4 is 23.1 Å². The van der Waals surface area contributed by atoms with Crippen LogP contribution >= 0.6 is 11.3 Å². The van der Waals surface area contributed by atoms with Gasteiger partial charge in [-0.25, -0.2) is 4.68 Å². The van der Waals surface area contributed by atoms with Gasteiger partial charge in [0.1, 0.15) is 5.82 Å². The fourth-order valence-corrected chi connectivity index (χ4v) is 3.28. The van der Waals surface area contributed by atoms with Crippen LogP contribution in [-0.2, 0) is 17.4 Å². The monoisotopic (exact) mass is 379 g/mol. The van der Waals surface area contributed by atoms with Gasteiger partial charge in [0.05, 0.1) is 16.9 Å². The first kappa shape index (κ1) is 18.2. The molecule has 8 heteroatoms. The van der Waals surface area contributed by atoms with Crippen molar-refractivity contribution in [2.24, 2.45) is 0 Å². The quantitative estimate of drug-likeness (QED) is 0.690. The maximum Gasteiger partial charge on any atom is 0.418 e. The zero-order chi connectivity index (χ0) is 18.7. The summed E-state index contributed by atoms with van der Waals surface area (Å²) in [5, 5.41) is 8.72. The van der Waals surface area contributed by atoms with Crippen LogP contribution in [0.5, 0.6) is 0 Å². The molecule has 0 atom stereocenters. The molecular weight excluding hydrogens is 363 g/mol. The van der Waals surface area contributed by atoms with Crippen LogP contribution in [0, 0.1) is 6.92 Å². The second kappa shape index (κ2) is 7.33. The van der Waals surface area contributed by atoms with Crippen molar-refractivity contribution in [2.45, 2.75) is 25.9 Å². The summed E-state index contributed by atoms with van der Waals surface area (Å²) >= 11 is 1.56. The van der Waals surface area contributed by atoms with E-state index in [0.717, 1.165) is 15.6 Å². The maximum atomic E-state index is 13.3. The summed E-state index contributed by atoms with van der Waals surface area (Å²) in [4.78, 5) is 13.3. The number of carbonyl (C=O) groups is 1. The van der Waals surface area contributed by atoms with Crippen LogP contribution in [0.3, 0.4) is 0 Å². The van der Waals surface area contributed by atoms with Crippen molar-refractivity contribution in [3.8, 4) is 5.69 Å². The van der Waals surface area contributed by atoms with Crippen LogP contribution in [-0.4, -0.2) is 15.7 Å². The number of nitrogens with zero attached hydrogens (tertiary/aromatic N) is 2. The van der Waals surface area contributed by atoms with Crippen LogP contribution in [0.4, 0.5) is 19.0 Å². The van der Waals surface area contributed by atoms with Crippen molar-refractivity contribution in [1.82, 2.24) is 9.78 Å². The maximum absolute atomic E-state index is 13.3. The molecule has 4 nitrogen and oxygen atoms in total. The number of benzene rings is 1. The molecule has 136 valence electrons. The minimum Gasteiger partial charge on any atom is -0.311 e. The topological polar surface area (TPSA) is 46.9 Å². The zero-order valence-electron chi connectivity index (χ0n) is 13.9. The van der Waals surface area contributed by atoms with Crippen molar-refractivity contribution < 1.29 is 18.0 Å². The van der Waals surface area contributed by atoms with Gasteiger partial charge < -0.3 is 5.32 Å². The smallest absolute Gasteiger partial charge is 0.311 e. The number of amides is 1. The van der Waals surface area contributed by atoms with E-state index in [9.17, 15) is 18.0 Å². The molecule has 0 saturated heterocycles. The molecule has 26 heavy (non-hydrogen) atoms. The molecule has 1 aromatic carbocycles. The van der Waals surface area contributed by atoms with Gasteiger partial charge in [0.25, 0.3) is 0 Å². The van der Waals surface area contributed by atoms with Gasteiger partial charge in [0.2, 0.25) is 5.91 Å². The Morgan fingerprint density at radius 3 is 2.69 bits per heavy atom. The Bertz CT molecular complexity index is 901. The molecule has 2 heterocycles. The minimum absolute atomic E-state index is 0.123. The second-order valence-electron chi connectivity index (χ2n) is 5.73. The highest BCUT2D eigenvalue weighted by molar-refractivity contribution is 7.09. The largest absolute Gasteiger partial charge is 0.418 e. The summed E-state index contributed by atoms with van der Waals surface area (Å²) < 4.78 is 41.0. The highest BCUT2D eigenvalue weighted by atomic mass is 32.1. The number of thiophene rings is 1. The highest BCUT2D eigenvalue weighted by Gasteiger charge is 2.34. The second-order valence-corrected chi connectivity index (χ2v) is 6.76. The van der Waals surface area contributed by atoms with Gasteiger partial charge >= 0.3 is 6.18 Å². The number of rotatable bonds is 5. The lowest BCUT2D eigenvalue weighted by atomic mass is 10.1. The van der Waals surface area contributed by atoms with Crippen molar-refractivity contribution in [3.05, 3.63) is 64.0 Å². The minimum atomic E-state index is -4.52. The van der Waals surface area contributed by atoms with Gasteiger partial charge in [-0.2, -0.15) is 18.3 Å². The average Bonchev–Trinajstić information content (AvgIpc) is 3.22. The first-order chi connectivity index (χ1) is 12.3. The van der Waals surface area contributed by atoms with E-state index in [2.05, 4.69) is 10.4 Å². The SMILES string of the molecule is Cc1cc(NC(=O)CCc2cccs2)n(-c2ccccc2C(F)(F)F)n1. The number of anilines is 1. The summed E-state index contributed by atoms with van der Waals surface area (Å²) in [6.45, 7) is 1.66. The lowest BCUT2D eigenvalue weighted by Gasteiger charge is -2.15. The number of para-hydroxylation sites is 1. The third kappa shape index (κ3) is 4.13. The molecule has 0 aliphatic carbocycles. The third-order valence-corrected chi connectivity index (χ3v) is 4.65. The van der Waals surface area contributed by atoms with Crippen LogP contribution in [0.15, 0.2) is 47.8 Å². The predicted octanol–water partition coefficient (Wildman–Crippen LogP) is 4.83. The Balaban J connectivity index is 1.84. The van der Waals surface area contributed by atoms with E-state index < -0.39 is 11.7 Å². The standard InChI is InChI=1S/C18H16F3N3OS/c1-12-11-16(22-17(25)9-8-13-5-4-10-26-13)24(23-12)15-7-3-2-6-14(15)18(19,20)21/h2-7,10-11H,8-9H2,1H3,(H,22,25). The van der Waals surface area contributed by atoms with Crippen LogP contribution in [0.25, 0.3) is 5.69 Å². The lowest BCUT2D eigenvalue weighted by Crippen LogP contribution is -2.17. The molecule has 3 aromatic rings. The van der Waals surface area contributed by atoms with E-state index in [4.69, 9.17) is 0 Å². The summed E-state index contributed by atoms with van der Waals surface area (Å²) in [5.74, 6) is -0.0561. The number of halogens is 3. The van der Waals surface area contributed by atoms with Crippen LogP contribution in [0.2, 0.25) is 0 Å². The fourth-order valence-electron chi connectivity index (χ4n) is 2.57. The fraction of sp³-hybridized carbons (Fsp3) is 0.222. The number of carbonyl (C=O) groups excluding carboxylic acids is 1. The molecule has 0 fully saturated rings. The van der Waals surface area contributed by atoms with Gasteiger partial charge in [0.15, 0.2) is 0 Å². The average molecular weight is 379 g/mol. The zero-order valence-corrected chi connectivity index (χ0v) is 14.7. The molecule has 1 N–H and O–H groups in total. The van der Waals surface area contributed by atoms with Crippen LogP contribution in [0.1, 0.15) is 22.6 Å². The van der Waals surface area contributed by atoms with Crippen molar-refractivity contribution in [3.63, 3.8) is 0 Å². The first-order valence-corrected chi connectivity index (χ1v) is 8.78. The van der Waals surface area contributed by atoms with Gasteiger partial charge in [-0.3, -0.25) is 4.79 Å². The first-order valence-electron chi connectivity index (χ1n) is 7.90. The number of hydrogen-bond acceptors (Lipinski definition) is 3. The normalized spacial score (nSPS) is 11.5. The van der Waals surface area contributed by atoms with E-state index >= 15 is 0 Å². The Kier molecular flexibility index (Phi) is 5.13.